The molecule has 8 nitrogen and oxygen atoms in total. The highest BCUT2D eigenvalue weighted by Crippen LogP contribution is 2.30. The minimum absolute atomic E-state index is 0.0344. The summed E-state index contributed by atoms with van der Waals surface area (Å²) in [5, 5.41) is 7.40. The van der Waals surface area contributed by atoms with Crippen molar-refractivity contribution in [3.05, 3.63) is 59.9 Å². The van der Waals surface area contributed by atoms with Gasteiger partial charge in [-0.2, -0.15) is 4.98 Å². The van der Waals surface area contributed by atoms with Crippen LogP contribution in [0.1, 0.15) is 5.56 Å². The number of nitrogens with zero attached hydrogens (tertiary/aromatic N) is 5. The Labute approximate surface area is 190 Å². The van der Waals surface area contributed by atoms with Crippen molar-refractivity contribution in [2.45, 2.75) is 6.92 Å². The fourth-order valence-electron chi connectivity index (χ4n) is 3.76. The Morgan fingerprint density at radius 1 is 1.15 bits per heavy atom. The van der Waals surface area contributed by atoms with Crippen molar-refractivity contribution < 1.29 is 18.3 Å². The van der Waals surface area contributed by atoms with Gasteiger partial charge < -0.3 is 19.9 Å². The number of ether oxygens (including phenoxy) is 1. The Morgan fingerprint density at radius 2 is 1.88 bits per heavy atom. The minimum Gasteiger partial charge on any atom is -0.383 e. The number of hydrogen-bond donors (Lipinski definition) is 1. The van der Waals surface area contributed by atoms with E-state index in [2.05, 4.69) is 26.4 Å². The van der Waals surface area contributed by atoms with E-state index in [0.29, 0.717) is 32.2 Å². The highest BCUT2D eigenvalue weighted by Gasteiger charge is 2.34. The molecular weight excluding hydrogens is 430 g/mol. The summed E-state index contributed by atoms with van der Waals surface area (Å²) in [4.78, 5) is 20.6. The van der Waals surface area contributed by atoms with Crippen LogP contribution in [-0.4, -0.2) is 66.0 Å². The molecule has 174 valence electrons. The van der Waals surface area contributed by atoms with Gasteiger partial charge in [-0.25, -0.2) is 13.5 Å². The number of halogens is 2. The van der Waals surface area contributed by atoms with Gasteiger partial charge in [-0.3, -0.25) is 4.79 Å². The molecule has 1 fully saturated rings. The summed E-state index contributed by atoms with van der Waals surface area (Å²) in [7, 11) is 3.41. The third-order valence-corrected chi connectivity index (χ3v) is 5.52. The molecule has 2 aromatic carbocycles. The van der Waals surface area contributed by atoms with Crippen LogP contribution in [0.15, 0.2) is 42.7 Å². The van der Waals surface area contributed by atoms with E-state index in [1.807, 2.05) is 19.1 Å². The number of nitrogens with one attached hydrogen (secondary N) is 1. The number of carbonyl (C=O) groups excluding carboxylic acids is 1. The molecule has 0 bridgehead atoms. The number of rotatable bonds is 8. The molecule has 1 aliphatic heterocycles. The molecule has 0 spiro atoms. The van der Waals surface area contributed by atoms with Gasteiger partial charge in [0.1, 0.15) is 18.0 Å². The summed E-state index contributed by atoms with van der Waals surface area (Å²) in [6.07, 6.45) is 1.39. The summed E-state index contributed by atoms with van der Waals surface area (Å²) < 4.78 is 33.3. The van der Waals surface area contributed by atoms with Crippen molar-refractivity contribution in [2.24, 2.45) is 5.92 Å². The molecule has 10 heteroatoms. The van der Waals surface area contributed by atoms with Crippen LogP contribution >= 0.6 is 0 Å². The highest BCUT2D eigenvalue weighted by atomic mass is 19.1. The summed E-state index contributed by atoms with van der Waals surface area (Å²) in [5.74, 6) is -0.984. The standard InChI is InChI=1S/C23H26F2N6O2/c1-15-6-19(27-23-26-14-31(28-23)21-9-17(24)8-18(25)10-21)11-20(7-15)30-12-16(13-30)22(32)29(2)4-5-33-3/h6-11,14,16H,4-5,12-13H2,1-3H3,(H,27,28). The molecule has 4 rings (SSSR count). The van der Waals surface area contributed by atoms with E-state index in [4.69, 9.17) is 4.74 Å². The largest absolute Gasteiger partial charge is 0.383 e. The summed E-state index contributed by atoms with van der Waals surface area (Å²) in [5.41, 5.74) is 3.05. The number of benzene rings is 2. The van der Waals surface area contributed by atoms with E-state index in [0.717, 1.165) is 23.0 Å². The quantitative estimate of drug-likeness (QED) is 0.561. The fraction of sp³-hybridized carbons (Fsp3) is 0.348. The van der Waals surface area contributed by atoms with Crippen LogP contribution in [-0.2, 0) is 9.53 Å². The van der Waals surface area contributed by atoms with Gasteiger partial charge in [0.05, 0.1) is 18.2 Å². The zero-order chi connectivity index (χ0) is 23.5. The second-order valence-electron chi connectivity index (χ2n) is 8.18. The van der Waals surface area contributed by atoms with E-state index in [1.165, 1.54) is 23.1 Å². The molecule has 3 aromatic rings. The van der Waals surface area contributed by atoms with Crippen LogP contribution in [0, 0.1) is 24.5 Å². The smallest absolute Gasteiger partial charge is 0.246 e. The first kappa shape index (κ1) is 22.7. The predicted octanol–water partition coefficient (Wildman–Crippen LogP) is 3.14. The normalized spacial score (nSPS) is 13.7. The fourth-order valence-corrected chi connectivity index (χ4v) is 3.76. The monoisotopic (exact) mass is 456 g/mol. The van der Waals surface area contributed by atoms with Crippen molar-refractivity contribution >= 4 is 23.2 Å². The van der Waals surface area contributed by atoms with Crippen LogP contribution in [0.2, 0.25) is 0 Å². The SMILES string of the molecule is COCCN(C)C(=O)C1CN(c2cc(C)cc(Nc3ncn(-c4cc(F)cc(F)c4)n3)c2)C1. The topological polar surface area (TPSA) is 75.5 Å². The zero-order valence-electron chi connectivity index (χ0n) is 18.8. The number of likely N-dealkylation sites (N-methyl/N-ethyl adjacent to an activating group) is 1. The molecule has 33 heavy (non-hydrogen) atoms. The van der Waals surface area contributed by atoms with Crippen molar-refractivity contribution in [3.63, 3.8) is 0 Å². The number of carbonyl (C=O) groups is 1. The average molecular weight is 456 g/mol. The first-order valence-corrected chi connectivity index (χ1v) is 10.6. The Bertz CT molecular complexity index is 1130. The van der Waals surface area contributed by atoms with E-state index >= 15 is 0 Å². The Kier molecular flexibility index (Phi) is 6.55. The number of anilines is 3. The molecule has 0 aliphatic carbocycles. The van der Waals surface area contributed by atoms with Gasteiger partial charge in [0, 0.05) is 51.2 Å². The average Bonchev–Trinajstić information content (AvgIpc) is 3.18. The van der Waals surface area contributed by atoms with Gasteiger partial charge in [0.2, 0.25) is 11.9 Å². The maximum Gasteiger partial charge on any atom is 0.246 e. The molecule has 1 N–H and O–H groups in total. The van der Waals surface area contributed by atoms with Crippen LogP contribution in [0.3, 0.4) is 0 Å². The Balaban J connectivity index is 1.42. The molecule has 1 aliphatic rings. The van der Waals surface area contributed by atoms with Gasteiger partial charge >= 0.3 is 0 Å². The first-order chi connectivity index (χ1) is 15.8. The third kappa shape index (κ3) is 5.28. The summed E-state index contributed by atoms with van der Waals surface area (Å²) >= 11 is 0. The van der Waals surface area contributed by atoms with E-state index in [1.54, 1.807) is 19.1 Å². The highest BCUT2D eigenvalue weighted by molar-refractivity contribution is 5.82. The molecule has 0 radical (unpaired) electrons. The van der Waals surface area contributed by atoms with E-state index < -0.39 is 11.6 Å². The first-order valence-electron chi connectivity index (χ1n) is 10.6. The number of methoxy groups -OCH3 is 1. The van der Waals surface area contributed by atoms with Gasteiger partial charge in [-0.15, -0.1) is 5.10 Å². The van der Waals surface area contributed by atoms with Gasteiger partial charge in [0.25, 0.3) is 0 Å². The second-order valence-corrected chi connectivity index (χ2v) is 8.18. The van der Waals surface area contributed by atoms with Gasteiger partial charge in [0.15, 0.2) is 0 Å². The molecule has 2 heterocycles. The number of hydrogen-bond acceptors (Lipinski definition) is 6. The summed E-state index contributed by atoms with van der Waals surface area (Å²) in [6.45, 7) is 4.38. The molecule has 0 unspecified atom stereocenters. The van der Waals surface area contributed by atoms with Crippen molar-refractivity contribution in [1.82, 2.24) is 19.7 Å². The molecular formula is C23H26F2N6O2. The van der Waals surface area contributed by atoms with Crippen LogP contribution in [0.5, 0.6) is 0 Å². The molecule has 0 atom stereocenters. The van der Waals surface area contributed by atoms with Crippen molar-refractivity contribution in [2.75, 3.05) is 50.6 Å². The lowest BCUT2D eigenvalue weighted by Crippen LogP contribution is -2.54. The maximum atomic E-state index is 13.5. The minimum atomic E-state index is -0.686. The number of aryl methyl sites for hydroxylation is 1. The van der Waals surface area contributed by atoms with Gasteiger partial charge in [-0.1, -0.05) is 0 Å². The van der Waals surface area contributed by atoms with Crippen LogP contribution < -0.4 is 10.2 Å². The molecule has 1 saturated heterocycles. The number of amides is 1. The lowest BCUT2D eigenvalue weighted by Gasteiger charge is -2.41. The summed E-state index contributed by atoms with van der Waals surface area (Å²) in [6, 6.07) is 9.14. The van der Waals surface area contributed by atoms with Gasteiger partial charge in [-0.05, 0) is 42.8 Å². The maximum absolute atomic E-state index is 13.5. The second kappa shape index (κ2) is 9.53. The Hall–Kier alpha value is -3.53. The van der Waals surface area contributed by atoms with E-state index in [9.17, 15) is 13.6 Å². The lowest BCUT2D eigenvalue weighted by molar-refractivity contribution is -0.135. The molecule has 0 saturated carbocycles. The van der Waals surface area contributed by atoms with Crippen LogP contribution in [0.25, 0.3) is 5.69 Å². The Morgan fingerprint density at radius 3 is 2.58 bits per heavy atom. The number of aromatic nitrogens is 3. The van der Waals surface area contributed by atoms with Crippen molar-refractivity contribution in [3.8, 4) is 5.69 Å². The molecule has 1 amide bonds. The third-order valence-electron chi connectivity index (χ3n) is 5.52. The predicted molar refractivity (Wildman–Crippen MR) is 121 cm³/mol. The lowest BCUT2D eigenvalue weighted by atomic mass is 9.97. The van der Waals surface area contributed by atoms with Crippen LogP contribution in [0.4, 0.5) is 26.1 Å². The van der Waals surface area contributed by atoms with E-state index in [-0.39, 0.29) is 17.5 Å². The zero-order valence-corrected chi connectivity index (χ0v) is 18.8. The van der Waals surface area contributed by atoms with Crippen molar-refractivity contribution in [1.29, 1.82) is 0 Å². The molecule has 1 aromatic heterocycles.